The van der Waals surface area contributed by atoms with Crippen molar-refractivity contribution in [1.29, 1.82) is 0 Å². The van der Waals surface area contributed by atoms with Crippen LogP contribution in [-0.4, -0.2) is 16.5 Å². The molecule has 0 aromatic carbocycles. The molecule has 1 rings (SSSR count). The van der Waals surface area contributed by atoms with Gasteiger partial charge in [-0.25, -0.2) is 0 Å². The third-order valence-corrected chi connectivity index (χ3v) is 1.30. The Hall–Kier alpha value is -1.46. The lowest BCUT2D eigenvalue weighted by molar-refractivity contribution is -0.275. The molecular weight excluding hydrogens is 187 g/mol. The molecule has 1 heterocycles. The highest BCUT2D eigenvalue weighted by Gasteiger charge is 2.32. The lowest BCUT2D eigenvalue weighted by atomic mass is 10.3. The van der Waals surface area contributed by atoms with Gasteiger partial charge in [0.15, 0.2) is 11.5 Å². The Balaban J connectivity index is 2.96. The molecule has 0 bridgehead atoms. The molecule has 1 N–H and O–H groups in total. The number of ether oxygens (including phenoxy) is 1. The number of nitrogens with zero attached hydrogens (tertiary/aromatic N) is 1. The Bertz CT molecular complexity index is 311. The van der Waals surface area contributed by atoms with Crippen LogP contribution >= 0.6 is 0 Å². The first-order valence-corrected chi connectivity index (χ1v) is 3.30. The van der Waals surface area contributed by atoms with Crippen molar-refractivity contribution in [2.75, 3.05) is 0 Å². The number of pyridine rings is 1. The van der Waals surface area contributed by atoms with Crippen molar-refractivity contribution >= 4 is 0 Å². The van der Waals surface area contributed by atoms with Gasteiger partial charge in [0.2, 0.25) is 0 Å². The molecule has 13 heavy (non-hydrogen) atoms. The monoisotopic (exact) mass is 193 g/mol. The van der Waals surface area contributed by atoms with Crippen molar-refractivity contribution in [3.05, 3.63) is 18.0 Å². The molecule has 0 radical (unpaired) electrons. The van der Waals surface area contributed by atoms with Crippen LogP contribution in [0.3, 0.4) is 0 Å². The predicted molar refractivity (Wildman–Crippen MR) is 37.3 cm³/mol. The summed E-state index contributed by atoms with van der Waals surface area (Å²) < 4.78 is 38.6. The van der Waals surface area contributed by atoms with Crippen molar-refractivity contribution in [3.8, 4) is 11.5 Å². The highest BCUT2D eigenvalue weighted by molar-refractivity contribution is 5.40. The van der Waals surface area contributed by atoms with Gasteiger partial charge in [-0.3, -0.25) is 4.98 Å². The molecule has 0 amide bonds. The molecule has 0 atom stereocenters. The van der Waals surface area contributed by atoms with Crippen molar-refractivity contribution in [3.63, 3.8) is 0 Å². The molecule has 0 aliphatic heterocycles. The maximum absolute atomic E-state index is 11.7. The summed E-state index contributed by atoms with van der Waals surface area (Å²) in [5.74, 6) is -1.24. The lowest BCUT2D eigenvalue weighted by Crippen LogP contribution is -2.17. The van der Waals surface area contributed by atoms with Crippen molar-refractivity contribution < 1.29 is 23.0 Å². The van der Waals surface area contributed by atoms with Gasteiger partial charge in [0.25, 0.3) is 0 Å². The van der Waals surface area contributed by atoms with Crippen LogP contribution in [0.4, 0.5) is 13.2 Å². The molecule has 72 valence electrons. The van der Waals surface area contributed by atoms with Gasteiger partial charge in [-0.15, -0.1) is 13.2 Å². The summed E-state index contributed by atoms with van der Waals surface area (Å²) in [6.07, 6.45) is -3.68. The summed E-state index contributed by atoms with van der Waals surface area (Å²) in [6, 6.07) is 0.940. The molecule has 0 spiro atoms. The number of aromatic nitrogens is 1. The zero-order chi connectivity index (χ0) is 10.1. The minimum atomic E-state index is -4.80. The van der Waals surface area contributed by atoms with E-state index in [0.717, 1.165) is 12.3 Å². The Labute approximate surface area is 71.8 Å². The number of alkyl halides is 3. The molecule has 1 aromatic rings. The van der Waals surface area contributed by atoms with Crippen LogP contribution in [0, 0.1) is 6.92 Å². The number of halogens is 3. The number of aryl methyl sites for hydroxylation is 1. The van der Waals surface area contributed by atoms with E-state index in [1.165, 1.54) is 6.92 Å². The van der Waals surface area contributed by atoms with Gasteiger partial charge in [-0.1, -0.05) is 0 Å². The Morgan fingerprint density at radius 2 is 2.08 bits per heavy atom. The summed E-state index contributed by atoms with van der Waals surface area (Å²) >= 11 is 0. The smallest absolute Gasteiger partial charge is 0.503 e. The van der Waals surface area contributed by atoms with E-state index in [4.69, 9.17) is 5.11 Å². The Morgan fingerprint density at radius 1 is 1.46 bits per heavy atom. The summed E-state index contributed by atoms with van der Waals surface area (Å²) in [4.78, 5) is 3.57. The minimum Gasteiger partial charge on any atom is -0.503 e. The minimum absolute atomic E-state index is 0.0850. The number of hydrogen-bond donors (Lipinski definition) is 1. The van der Waals surface area contributed by atoms with Gasteiger partial charge in [0, 0.05) is 12.3 Å². The highest BCUT2D eigenvalue weighted by Crippen LogP contribution is 2.31. The van der Waals surface area contributed by atoms with Crippen molar-refractivity contribution in [2.45, 2.75) is 13.3 Å². The van der Waals surface area contributed by atoms with E-state index >= 15 is 0 Å². The molecule has 1 aromatic heterocycles. The van der Waals surface area contributed by atoms with E-state index in [1.807, 2.05) is 0 Å². The zero-order valence-corrected chi connectivity index (χ0v) is 6.59. The van der Waals surface area contributed by atoms with Gasteiger partial charge in [0.1, 0.15) is 0 Å². The Morgan fingerprint density at radius 3 is 2.62 bits per heavy atom. The summed E-state index contributed by atoms with van der Waals surface area (Å²) in [7, 11) is 0. The van der Waals surface area contributed by atoms with Gasteiger partial charge < -0.3 is 9.84 Å². The van der Waals surface area contributed by atoms with Gasteiger partial charge in [-0.2, -0.15) is 0 Å². The van der Waals surface area contributed by atoms with Crippen LogP contribution in [0.1, 0.15) is 5.69 Å². The molecule has 6 heteroatoms. The number of hydrogen-bond acceptors (Lipinski definition) is 3. The normalized spacial score (nSPS) is 11.4. The second-order valence-electron chi connectivity index (χ2n) is 2.29. The molecule has 3 nitrogen and oxygen atoms in total. The standard InChI is InChI=1S/C7H6F3NO2/c1-4-6(12)5(2-3-11-4)13-7(8,9)10/h2-3,12H,1H3. The second kappa shape index (κ2) is 3.12. The molecule has 0 fully saturated rings. The molecule has 0 aliphatic rings. The average Bonchev–Trinajstić information content (AvgIpc) is 1.96. The average molecular weight is 193 g/mol. The van der Waals surface area contributed by atoms with Gasteiger partial charge >= 0.3 is 6.36 Å². The first-order chi connectivity index (χ1) is 5.90. The zero-order valence-electron chi connectivity index (χ0n) is 6.59. The SMILES string of the molecule is Cc1nccc(OC(F)(F)F)c1O. The van der Waals surface area contributed by atoms with Crippen LogP contribution in [0.15, 0.2) is 12.3 Å². The fourth-order valence-electron chi connectivity index (χ4n) is 0.742. The van der Waals surface area contributed by atoms with Crippen LogP contribution in [-0.2, 0) is 0 Å². The summed E-state index contributed by atoms with van der Waals surface area (Å²) in [6.45, 7) is 1.37. The highest BCUT2D eigenvalue weighted by atomic mass is 19.4. The topological polar surface area (TPSA) is 42.4 Å². The quantitative estimate of drug-likeness (QED) is 0.741. The fourth-order valence-corrected chi connectivity index (χ4v) is 0.742. The Kier molecular flexibility index (Phi) is 2.31. The molecule has 0 saturated heterocycles. The fraction of sp³-hybridized carbons (Fsp3) is 0.286. The van der Waals surface area contributed by atoms with Crippen LogP contribution in [0.25, 0.3) is 0 Å². The number of rotatable bonds is 1. The van der Waals surface area contributed by atoms with Crippen LogP contribution in [0.2, 0.25) is 0 Å². The predicted octanol–water partition coefficient (Wildman–Crippen LogP) is 1.99. The van der Waals surface area contributed by atoms with E-state index in [2.05, 4.69) is 9.72 Å². The van der Waals surface area contributed by atoms with Gasteiger partial charge in [0.05, 0.1) is 5.69 Å². The first kappa shape index (κ1) is 9.63. The van der Waals surface area contributed by atoms with E-state index in [-0.39, 0.29) is 5.69 Å². The maximum atomic E-state index is 11.7. The summed E-state index contributed by atoms with van der Waals surface area (Å²) in [5.41, 5.74) is 0.0850. The lowest BCUT2D eigenvalue weighted by Gasteiger charge is -2.10. The largest absolute Gasteiger partial charge is 0.573 e. The van der Waals surface area contributed by atoms with E-state index in [9.17, 15) is 13.2 Å². The van der Waals surface area contributed by atoms with Crippen molar-refractivity contribution in [1.82, 2.24) is 4.98 Å². The molecule has 0 aliphatic carbocycles. The first-order valence-electron chi connectivity index (χ1n) is 3.30. The number of aromatic hydroxyl groups is 1. The van der Waals surface area contributed by atoms with Crippen LogP contribution < -0.4 is 4.74 Å². The van der Waals surface area contributed by atoms with Gasteiger partial charge in [-0.05, 0) is 6.92 Å². The van der Waals surface area contributed by atoms with E-state index < -0.39 is 17.9 Å². The van der Waals surface area contributed by atoms with E-state index in [0.29, 0.717) is 0 Å². The molecular formula is C7H6F3NO2. The second-order valence-corrected chi connectivity index (χ2v) is 2.29. The summed E-state index contributed by atoms with van der Waals surface area (Å²) in [5, 5.41) is 9.07. The molecule has 0 unspecified atom stereocenters. The van der Waals surface area contributed by atoms with E-state index in [1.54, 1.807) is 0 Å². The third kappa shape index (κ3) is 2.50. The van der Waals surface area contributed by atoms with Crippen LogP contribution in [0.5, 0.6) is 11.5 Å². The maximum Gasteiger partial charge on any atom is 0.573 e. The van der Waals surface area contributed by atoms with Crippen molar-refractivity contribution in [2.24, 2.45) is 0 Å². The molecule has 0 saturated carbocycles. The third-order valence-electron chi connectivity index (χ3n) is 1.30.